The van der Waals surface area contributed by atoms with Gasteiger partial charge in [-0.3, -0.25) is 4.79 Å². The molecule has 2 fully saturated rings. The Morgan fingerprint density at radius 2 is 2.02 bits per heavy atom. The predicted molar refractivity (Wildman–Crippen MR) is 165 cm³/mol. The van der Waals surface area contributed by atoms with Gasteiger partial charge in [-0.1, -0.05) is 36.4 Å². The highest BCUT2D eigenvalue weighted by atomic mass is 35.5. The summed E-state index contributed by atoms with van der Waals surface area (Å²) in [4.78, 5) is 27.2. The fraction of sp³-hybridized carbons (Fsp3) is 0.438. The third kappa shape index (κ3) is 6.41. The molecule has 2 unspecified atom stereocenters. The number of fused-ring (bicyclic) bond motifs is 2. The van der Waals surface area contributed by atoms with Gasteiger partial charge in [0.25, 0.3) is 11.8 Å². The van der Waals surface area contributed by atoms with Crippen LogP contribution in [0.2, 0.25) is 5.02 Å². The number of carbonyl (C=O) groups is 1. The Labute approximate surface area is 268 Å². The molecule has 9 nitrogen and oxygen atoms in total. The minimum atomic E-state index is -2.84. The lowest BCUT2D eigenvalue weighted by Crippen LogP contribution is -2.55. The molecule has 2 aromatic carbocycles. The number of alkyl halides is 2. The minimum absolute atomic E-state index is 0.0129. The number of hydrogen-bond acceptors (Lipinski definition) is 8. The zero-order valence-corrected chi connectivity index (χ0v) is 25.7. The van der Waals surface area contributed by atoms with Crippen LogP contribution in [0.1, 0.15) is 24.1 Å². The second-order valence-corrected chi connectivity index (χ2v) is 12.3. The van der Waals surface area contributed by atoms with E-state index in [1.165, 1.54) is 11.0 Å². The van der Waals surface area contributed by atoms with Crippen molar-refractivity contribution in [2.75, 3.05) is 55.7 Å². The van der Waals surface area contributed by atoms with Gasteiger partial charge in [-0.25, -0.2) is 17.6 Å². The topological polar surface area (TPSA) is 97.6 Å². The third-order valence-electron chi connectivity index (χ3n) is 8.73. The van der Waals surface area contributed by atoms with Gasteiger partial charge in [0.15, 0.2) is 5.83 Å². The smallest absolute Gasteiger partial charge is 0.318 e. The number of nitrogens with one attached hydrogen (secondary N) is 1. The minimum Gasteiger partial charge on any atom is -0.463 e. The summed E-state index contributed by atoms with van der Waals surface area (Å²) < 4.78 is 62.4. The molecule has 2 saturated heterocycles. The van der Waals surface area contributed by atoms with Crippen molar-refractivity contribution >= 4 is 39.8 Å². The first kappa shape index (κ1) is 31.8. The first-order chi connectivity index (χ1) is 22.0. The lowest BCUT2D eigenvalue weighted by atomic mass is 9.98. The van der Waals surface area contributed by atoms with Crippen LogP contribution >= 0.6 is 11.6 Å². The van der Waals surface area contributed by atoms with Gasteiger partial charge >= 0.3 is 6.01 Å². The molecule has 242 valence electrons. The number of benzene rings is 2. The van der Waals surface area contributed by atoms with Crippen LogP contribution in [0.25, 0.3) is 10.8 Å². The molecule has 0 saturated carbocycles. The fourth-order valence-corrected chi connectivity index (χ4v) is 6.83. The van der Waals surface area contributed by atoms with Gasteiger partial charge in [-0.2, -0.15) is 15.2 Å². The van der Waals surface area contributed by atoms with Crippen LogP contribution in [0.5, 0.6) is 6.01 Å². The maximum Gasteiger partial charge on any atom is 0.318 e. The molecule has 6 rings (SSSR count). The van der Waals surface area contributed by atoms with E-state index in [2.05, 4.69) is 18.0 Å². The average Bonchev–Trinajstić information content (AvgIpc) is 3.04. The van der Waals surface area contributed by atoms with Crippen LogP contribution in [-0.2, 0) is 17.8 Å². The zero-order chi connectivity index (χ0) is 32.6. The largest absolute Gasteiger partial charge is 0.463 e. The van der Waals surface area contributed by atoms with E-state index in [4.69, 9.17) is 26.3 Å². The summed E-state index contributed by atoms with van der Waals surface area (Å²) in [5, 5.41) is 13.6. The number of rotatable bonds is 7. The van der Waals surface area contributed by atoms with E-state index in [-0.39, 0.29) is 50.1 Å². The van der Waals surface area contributed by atoms with Crippen LogP contribution in [0.4, 0.5) is 29.1 Å². The monoisotopic (exact) mass is 657 g/mol. The van der Waals surface area contributed by atoms with E-state index in [9.17, 15) is 27.6 Å². The first-order valence-corrected chi connectivity index (χ1v) is 15.4. The van der Waals surface area contributed by atoms with Crippen LogP contribution in [0.3, 0.4) is 0 Å². The van der Waals surface area contributed by atoms with Gasteiger partial charge in [0, 0.05) is 61.7 Å². The second-order valence-electron chi connectivity index (χ2n) is 11.9. The normalized spacial score (nSPS) is 21.1. The lowest BCUT2D eigenvalue weighted by Gasteiger charge is -2.42. The van der Waals surface area contributed by atoms with Crippen molar-refractivity contribution in [2.24, 2.45) is 5.92 Å². The van der Waals surface area contributed by atoms with Crippen LogP contribution < -0.4 is 19.9 Å². The van der Waals surface area contributed by atoms with E-state index >= 15 is 0 Å². The number of nitriles is 1. The molecule has 14 heteroatoms. The Bertz CT molecular complexity index is 1720. The quantitative estimate of drug-likeness (QED) is 0.280. The molecule has 0 spiro atoms. The van der Waals surface area contributed by atoms with Crippen molar-refractivity contribution < 1.29 is 27.1 Å². The maximum atomic E-state index is 14.5. The molecule has 2 atom stereocenters. The van der Waals surface area contributed by atoms with E-state index in [0.717, 1.165) is 16.6 Å². The molecule has 3 aliphatic rings. The zero-order valence-electron chi connectivity index (χ0n) is 24.9. The molecular weight excluding hydrogens is 626 g/mol. The number of piperidine rings is 1. The summed E-state index contributed by atoms with van der Waals surface area (Å²) in [5.41, 5.74) is 2.20. The van der Waals surface area contributed by atoms with Crippen LogP contribution in [0, 0.1) is 23.1 Å². The van der Waals surface area contributed by atoms with Gasteiger partial charge < -0.3 is 24.8 Å². The number of anilines is 2. The van der Waals surface area contributed by atoms with Crippen molar-refractivity contribution in [3.8, 4) is 12.1 Å². The Hall–Kier alpha value is -4.15. The Balaban J connectivity index is 1.34. The molecule has 0 radical (unpaired) electrons. The van der Waals surface area contributed by atoms with Crippen LogP contribution in [0.15, 0.2) is 42.7 Å². The number of hydrogen-bond donors (Lipinski definition) is 1. The van der Waals surface area contributed by atoms with Gasteiger partial charge in [0.1, 0.15) is 11.6 Å². The standard InChI is InChI=1S/C32H32ClF4N7O2/c1-19(34)30(45)44-12-11-43(15-22(44)7-9-38)29-23-8-10-42(26-4-2-3-21-5-6-24(35)28(33)27(21)26)16-25(23)40-31(41-29)46-17-20-13-32(36,37)18-39-14-20/h2-6,20,22,39H,1,7-8,10-18H2. The molecule has 1 aromatic heterocycles. The summed E-state index contributed by atoms with van der Waals surface area (Å²) >= 11 is 6.44. The van der Waals surface area contributed by atoms with Gasteiger partial charge in [0.05, 0.1) is 48.9 Å². The summed E-state index contributed by atoms with van der Waals surface area (Å²) in [6.07, 6.45) is 0.146. The molecule has 0 bridgehead atoms. The van der Waals surface area contributed by atoms with Crippen molar-refractivity contribution in [3.05, 3.63) is 64.8 Å². The predicted octanol–water partition coefficient (Wildman–Crippen LogP) is 5.02. The molecule has 3 aliphatic heterocycles. The van der Waals surface area contributed by atoms with Gasteiger partial charge in [0.2, 0.25) is 0 Å². The number of aromatic nitrogens is 2. The molecule has 0 aliphatic carbocycles. The summed E-state index contributed by atoms with van der Waals surface area (Å²) in [5.74, 6) is -5.23. The molecule has 1 N–H and O–H groups in total. The molecular formula is C32H32ClF4N7O2. The van der Waals surface area contributed by atoms with E-state index < -0.39 is 35.4 Å². The first-order valence-electron chi connectivity index (χ1n) is 15.0. The van der Waals surface area contributed by atoms with Crippen LogP contribution in [-0.4, -0.2) is 78.6 Å². The van der Waals surface area contributed by atoms with Gasteiger partial charge in [-0.05, 0) is 23.9 Å². The number of carbonyl (C=O) groups excluding carboxylic acids is 1. The molecule has 46 heavy (non-hydrogen) atoms. The number of piperazine rings is 1. The summed E-state index contributed by atoms with van der Waals surface area (Å²) in [6, 6.07) is 10.1. The van der Waals surface area contributed by atoms with Crippen molar-refractivity contribution in [3.63, 3.8) is 0 Å². The van der Waals surface area contributed by atoms with E-state index in [1.54, 1.807) is 6.07 Å². The number of ether oxygens (including phenoxy) is 1. The Morgan fingerprint density at radius 1 is 1.20 bits per heavy atom. The van der Waals surface area contributed by atoms with Crippen molar-refractivity contribution in [1.82, 2.24) is 20.2 Å². The molecule has 4 heterocycles. The van der Waals surface area contributed by atoms with Crippen molar-refractivity contribution in [1.29, 1.82) is 5.26 Å². The van der Waals surface area contributed by atoms with E-state index in [0.29, 0.717) is 49.5 Å². The lowest BCUT2D eigenvalue weighted by molar-refractivity contribution is -0.131. The summed E-state index contributed by atoms with van der Waals surface area (Å²) in [7, 11) is 0. The van der Waals surface area contributed by atoms with Gasteiger partial charge in [-0.15, -0.1) is 0 Å². The Kier molecular flexibility index (Phi) is 8.94. The highest BCUT2D eigenvalue weighted by molar-refractivity contribution is 6.36. The molecule has 1 amide bonds. The second kappa shape index (κ2) is 12.9. The number of halogens is 5. The maximum absolute atomic E-state index is 14.5. The third-order valence-corrected chi connectivity index (χ3v) is 9.10. The fourth-order valence-electron chi connectivity index (χ4n) is 6.56. The average molecular weight is 658 g/mol. The number of amides is 1. The number of nitrogens with zero attached hydrogens (tertiary/aromatic N) is 6. The SMILES string of the molecule is C=C(F)C(=O)N1CCN(c2nc(OCC3CNCC(F)(F)C3)nc3c2CCN(c2cccc4ccc(F)c(Cl)c24)C3)CC1CC#N. The van der Waals surface area contributed by atoms with E-state index in [1.807, 2.05) is 28.0 Å². The Morgan fingerprint density at radius 3 is 2.78 bits per heavy atom. The highest BCUT2D eigenvalue weighted by Gasteiger charge is 2.37. The van der Waals surface area contributed by atoms with Crippen molar-refractivity contribution in [2.45, 2.75) is 37.8 Å². The summed E-state index contributed by atoms with van der Waals surface area (Å²) in [6.45, 7) is 4.55. The molecule has 3 aromatic rings. The highest BCUT2D eigenvalue weighted by Crippen LogP contribution is 2.38.